The molecule has 5 nitrogen and oxygen atoms in total. The van der Waals surface area contributed by atoms with Crippen LogP contribution in [0.5, 0.6) is 11.5 Å². The van der Waals surface area contributed by atoms with Crippen LogP contribution in [0, 0.1) is 5.92 Å². The van der Waals surface area contributed by atoms with Crippen molar-refractivity contribution in [2.45, 2.75) is 13.5 Å². The van der Waals surface area contributed by atoms with E-state index in [1.165, 1.54) is 7.11 Å². The number of carbonyl (C=O) groups is 1. The molecule has 0 unspecified atom stereocenters. The fourth-order valence-corrected chi connectivity index (χ4v) is 1.77. The minimum atomic E-state index is -0.201. The van der Waals surface area contributed by atoms with Gasteiger partial charge >= 0.3 is 5.97 Å². The highest BCUT2D eigenvalue weighted by Gasteiger charge is 2.14. The van der Waals surface area contributed by atoms with E-state index in [1.54, 1.807) is 0 Å². The number of hydrogen-bond acceptors (Lipinski definition) is 5. The number of esters is 1. The maximum atomic E-state index is 11.2. The Morgan fingerprint density at radius 2 is 2.22 bits per heavy atom. The van der Waals surface area contributed by atoms with Gasteiger partial charge in [-0.05, 0) is 17.7 Å². The zero-order valence-electron chi connectivity index (χ0n) is 10.6. The van der Waals surface area contributed by atoms with Crippen LogP contribution in [0.15, 0.2) is 18.2 Å². The summed E-state index contributed by atoms with van der Waals surface area (Å²) in [7, 11) is 1.40. The van der Waals surface area contributed by atoms with Gasteiger partial charge < -0.3 is 19.5 Å². The lowest BCUT2D eigenvalue weighted by atomic mass is 10.1. The van der Waals surface area contributed by atoms with Crippen LogP contribution in [0.4, 0.5) is 0 Å². The smallest absolute Gasteiger partial charge is 0.309 e. The summed E-state index contributed by atoms with van der Waals surface area (Å²) in [5.41, 5.74) is 1.09. The molecular weight excluding hydrogens is 234 g/mol. The maximum absolute atomic E-state index is 11.2. The first-order valence-electron chi connectivity index (χ1n) is 5.88. The molecule has 0 aromatic heterocycles. The van der Waals surface area contributed by atoms with Gasteiger partial charge in [-0.1, -0.05) is 13.0 Å². The SMILES string of the molecule is COC(=O)[C@H](C)CNCc1ccc2c(c1)OCO2. The Bertz CT molecular complexity index is 433. The van der Waals surface area contributed by atoms with Crippen molar-refractivity contribution in [3.8, 4) is 11.5 Å². The van der Waals surface area contributed by atoms with Crippen LogP contribution in [-0.4, -0.2) is 26.4 Å². The van der Waals surface area contributed by atoms with Gasteiger partial charge in [-0.3, -0.25) is 4.79 Å². The number of hydrogen-bond donors (Lipinski definition) is 1. The number of fused-ring (bicyclic) bond motifs is 1. The van der Waals surface area contributed by atoms with Crippen molar-refractivity contribution < 1.29 is 19.0 Å². The van der Waals surface area contributed by atoms with Crippen molar-refractivity contribution in [3.05, 3.63) is 23.8 Å². The van der Waals surface area contributed by atoms with Crippen molar-refractivity contribution in [1.29, 1.82) is 0 Å². The largest absolute Gasteiger partial charge is 0.469 e. The molecule has 0 saturated carbocycles. The predicted molar refractivity (Wildman–Crippen MR) is 65.5 cm³/mol. The van der Waals surface area contributed by atoms with Crippen molar-refractivity contribution in [2.24, 2.45) is 5.92 Å². The standard InChI is InChI=1S/C13H17NO4/c1-9(13(15)16-2)6-14-7-10-3-4-11-12(5-10)18-8-17-11/h3-5,9,14H,6-8H2,1-2H3/t9-/m1/s1. The molecule has 0 spiro atoms. The van der Waals surface area contributed by atoms with E-state index in [2.05, 4.69) is 10.1 Å². The second-order valence-electron chi connectivity index (χ2n) is 4.24. The molecule has 2 rings (SSSR count). The molecule has 1 atom stereocenters. The monoisotopic (exact) mass is 251 g/mol. The lowest BCUT2D eigenvalue weighted by Crippen LogP contribution is -2.26. The summed E-state index contributed by atoms with van der Waals surface area (Å²) in [6.45, 7) is 3.38. The first-order chi connectivity index (χ1) is 8.70. The van der Waals surface area contributed by atoms with Crippen LogP contribution < -0.4 is 14.8 Å². The summed E-state index contributed by atoms with van der Waals surface area (Å²) >= 11 is 0. The lowest BCUT2D eigenvalue weighted by molar-refractivity contribution is -0.144. The Balaban J connectivity index is 1.82. The highest BCUT2D eigenvalue weighted by molar-refractivity contribution is 5.72. The van der Waals surface area contributed by atoms with Gasteiger partial charge in [0, 0.05) is 13.1 Å². The number of rotatable bonds is 5. The number of ether oxygens (including phenoxy) is 3. The molecular formula is C13H17NO4. The minimum Gasteiger partial charge on any atom is -0.469 e. The highest BCUT2D eigenvalue weighted by atomic mass is 16.7. The summed E-state index contributed by atoms with van der Waals surface area (Å²) in [6, 6.07) is 5.81. The molecule has 0 aliphatic carbocycles. The van der Waals surface area contributed by atoms with Gasteiger partial charge in [-0.2, -0.15) is 0 Å². The van der Waals surface area contributed by atoms with Crippen LogP contribution in [0.25, 0.3) is 0 Å². The van der Waals surface area contributed by atoms with E-state index < -0.39 is 0 Å². The number of carbonyl (C=O) groups excluding carboxylic acids is 1. The van der Waals surface area contributed by atoms with Gasteiger partial charge in [0.2, 0.25) is 6.79 Å². The van der Waals surface area contributed by atoms with Crippen LogP contribution in [0.2, 0.25) is 0 Å². The Labute approximate surface area is 106 Å². The molecule has 1 aromatic carbocycles. The molecule has 0 amide bonds. The fourth-order valence-electron chi connectivity index (χ4n) is 1.77. The number of benzene rings is 1. The summed E-state index contributed by atoms with van der Waals surface area (Å²) < 4.78 is 15.2. The average Bonchev–Trinajstić information content (AvgIpc) is 2.85. The van der Waals surface area contributed by atoms with Crippen LogP contribution in [0.3, 0.4) is 0 Å². The van der Waals surface area contributed by atoms with E-state index >= 15 is 0 Å². The maximum Gasteiger partial charge on any atom is 0.309 e. The average molecular weight is 251 g/mol. The Morgan fingerprint density at radius 3 is 3.00 bits per heavy atom. The van der Waals surface area contributed by atoms with Gasteiger partial charge in [-0.25, -0.2) is 0 Å². The van der Waals surface area contributed by atoms with Crippen molar-refractivity contribution in [1.82, 2.24) is 5.32 Å². The van der Waals surface area contributed by atoms with Crippen molar-refractivity contribution >= 4 is 5.97 Å². The summed E-state index contributed by atoms with van der Waals surface area (Å²) in [5.74, 6) is 1.20. The van der Waals surface area contributed by atoms with Crippen LogP contribution >= 0.6 is 0 Å². The lowest BCUT2D eigenvalue weighted by Gasteiger charge is -2.10. The second kappa shape index (κ2) is 5.73. The zero-order chi connectivity index (χ0) is 13.0. The van der Waals surface area contributed by atoms with Crippen molar-refractivity contribution in [2.75, 3.05) is 20.4 Å². The molecule has 1 N–H and O–H groups in total. The quantitative estimate of drug-likeness (QED) is 0.800. The molecule has 1 heterocycles. The van der Waals surface area contributed by atoms with E-state index in [-0.39, 0.29) is 18.7 Å². The molecule has 0 fully saturated rings. The topological polar surface area (TPSA) is 56.8 Å². The molecule has 1 aliphatic rings. The van der Waals surface area contributed by atoms with Gasteiger partial charge in [0.25, 0.3) is 0 Å². The Kier molecular flexibility index (Phi) is 4.04. The normalized spacial score (nSPS) is 14.3. The van der Waals surface area contributed by atoms with Gasteiger partial charge in [0.05, 0.1) is 13.0 Å². The molecule has 5 heteroatoms. The van der Waals surface area contributed by atoms with Gasteiger partial charge in [-0.15, -0.1) is 0 Å². The molecule has 0 bridgehead atoms. The highest BCUT2D eigenvalue weighted by Crippen LogP contribution is 2.32. The summed E-state index contributed by atoms with van der Waals surface area (Å²) in [6.07, 6.45) is 0. The molecule has 98 valence electrons. The summed E-state index contributed by atoms with van der Waals surface area (Å²) in [5, 5.41) is 3.21. The van der Waals surface area contributed by atoms with E-state index in [0.29, 0.717) is 13.1 Å². The van der Waals surface area contributed by atoms with Gasteiger partial charge in [0.15, 0.2) is 11.5 Å². The summed E-state index contributed by atoms with van der Waals surface area (Å²) in [4.78, 5) is 11.2. The molecule has 1 aromatic rings. The third-order valence-corrected chi connectivity index (χ3v) is 2.82. The second-order valence-corrected chi connectivity index (χ2v) is 4.24. The van der Waals surface area contributed by atoms with E-state index in [9.17, 15) is 4.79 Å². The van der Waals surface area contributed by atoms with Crippen LogP contribution in [0.1, 0.15) is 12.5 Å². The molecule has 1 aliphatic heterocycles. The number of nitrogens with one attached hydrogen (secondary N) is 1. The third kappa shape index (κ3) is 2.92. The van der Waals surface area contributed by atoms with E-state index in [0.717, 1.165) is 17.1 Å². The van der Waals surface area contributed by atoms with E-state index in [1.807, 2.05) is 25.1 Å². The fraction of sp³-hybridized carbons (Fsp3) is 0.462. The Morgan fingerprint density at radius 1 is 1.44 bits per heavy atom. The minimum absolute atomic E-state index is 0.149. The first kappa shape index (κ1) is 12.7. The van der Waals surface area contributed by atoms with Crippen molar-refractivity contribution in [3.63, 3.8) is 0 Å². The third-order valence-electron chi connectivity index (χ3n) is 2.82. The molecule has 0 saturated heterocycles. The zero-order valence-corrected chi connectivity index (χ0v) is 10.6. The first-order valence-corrected chi connectivity index (χ1v) is 5.88. The molecule has 18 heavy (non-hydrogen) atoms. The molecule has 0 radical (unpaired) electrons. The van der Waals surface area contributed by atoms with Crippen LogP contribution in [-0.2, 0) is 16.1 Å². The van der Waals surface area contributed by atoms with E-state index in [4.69, 9.17) is 9.47 Å². The Hall–Kier alpha value is -1.75. The van der Waals surface area contributed by atoms with Gasteiger partial charge in [0.1, 0.15) is 0 Å². The number of methoxy groups -OCH3 is 1. The predicted octanol–water partition coefficient (Wildman–Crippen LogP) is 1.31.